The molecule has 1 aliphatic rings. The third kappa shape index (κ3) is 4.52. The summed E-state index contributed by atoms with van der Waals surface area (Å²) >= 11 is 0. The smallest absolute Gasteiger partial charge is 0.330 e. The summed E-state index contributed by atoms with van der Waals surface area (Å²) in [6, 6.07) is 7.78. The molecule has 2 unspecified atom stereocenters. The zero-order valence-corrected chi connectivity index (χ0v) is 17.4. The average Bonchev–Trinajstić information content (AvgIpc) is 3.33. The normalized spacial score (nSPS) is 20.5. The molecule has 4 rings (SSSR count). The molecular formula is C18H18FN6O5P. The van der Waals surface area contributed by atoms with Gasteiger partial charge in [0.15, 0.2) is 0 Å². The van der Waals surface area contributed by atoms with Gasteiger partial charge in [0.1, 0.15) is 17.7 Å². The molecule has 3 aromatic rings. The molecule has 1 aromatic carbocycles. The van der Waals surface area contributed by atoms with Gasteiger partial charge in [0.25, 0.3) is 0 Å². The van der Waals surface area contributed by atoms with E-state index >= 15 is 0 Å². The molecule has 0 radical (unpaired) electrons. The molecule has 11 nitrogen and oxygen atoms in total. The number of phosphoric acid groups is 1. The number of hydrogen-bond donors (Lipinski definition) is 2. The summed E-state index contributed by atoms with van der Waals surface area (Å²) in [6.45, 7) is 0. The number of hydrogen-bond acceptors (Lipinski definition) is 8. The Morgan fingerprint density at radius 1 is 1.32 bits per heavy atom. The number of rotatable bonds is 6. The van der Waals surface area contributed by atoms with Crippen molar-refractivity contribution < 1.29 is 27.7 Å². The van der Waals surface area contributed by atoms with Gasteiger partial charge in [-0.15, -0.1) is 10.2 Å². The van der Waals surface area contributed by atoms with Gasteiger partial charge in [-0.2, -0.15) is 4.80 Å². The molecule has 13 heteroatoms. The molecule has 31 heavy (non-hydrogen) atoms. The van der Waals surface area contributed by atoms with Crippen LogP contribution in [0.15, 0.2) is 36.5 Å². The Balaban J connectivity index is 1.52. The van der Waals surface area contributed by atoms with Crippen LogP contribution in [0, 0.1) is 5.82 Å². The van der Waals surface area contributed by atoms with Crippen molar-refractivity contribution >= 4 is 13.7 Å². The zero-order chi connectivity index (χ0) is 22.2. The largest absolute Gasteiger partial charge is 0.473 e. The molecule has 2 N–H and O–H groups in total. The van der Waals surface area contributed by atoms with Gasteiger partial charge in [-0.3, -0.25) is 18.8 Å². The molecule has 3 atom stereocenters. The van der Waals surface area contributed by atoms with Gasteiger partial charge in [-0.05, 0) is 22.9 Å². The predicted octanol–water partition coefficient (Wildman–Crippen LogP) is 1.77. The number of carbonyl (C=O) groups excluding carboxylic acids is 1. The number of carbonyl (C=O) groups is 1. The minimum atomic E-state index is -4.26. The summed E-state index contributed by atoms with van der Waals surface area (Å²) < 4.78 is 35.6. The SMILES string of the molecule is COP(=O)(O)O[C@@H]1CC(c2ccc(-c3ccc(-c4nnn(C)n4)nc3)c(F)c2)C(=O)N1. The van der Waals surface area contributed by atoms with Crippen LogP contribution in [0.2, 0.25) is 0 Å². The maximum atomic E-state index is 14.8. The molecule has 0 spiro atoms. The van der Waals surface area contributed by atoms with Crippen LogP contribution >= 0.6 is 7.82 Å². The molecule has 1 aliphatic heterocycles. The topological polar surface area (TPSA) is 141 Å². The van der Waals surface area contributed by atoms with Crippen molar-refractivity contribution in [2.75, 3.05) is 7.11 Å². The van der Waals surface area contributed by atoms with Gasteiger partial charge in [0.2, 0.25) is 11.7 Å². The van der Waals surface area contributed by atoms with Crippen molar-refractivity contribution in [3.8, 4) is 22.6 Å². The molecule has 162 valence electrons. The highest BCUT2D eigenvalue weighted by Crippen LogP contribution is 2.45. The molecule has 1 fully saturated rings. The van der Waals surface area contributed by atoms with Crippen molar-refractivity contribution in [3.63, 3.8) is 0 Å². The number of nitrogens with one attached hydrogen (secondary N) is 1. The summed E-state index contributed by atoms with van der Waals surface area (Å²) in [5.41, 5.74) is 1.76. The first-order chi connectivity index (χ1) is 14.8. The summed E-state index contributed by atoms with van der Waals surface area (Å²) in [6.07, 6.45) is 0.550. The number of amides is 1. The highest BCUT2D eigenvalue weighted by atomic mass is 31.2. The van der Waals surface area contributed by atoms with E-state index in [1.54, 1.807) is 31.3 Å². The van der Waals surface area contributed by atoms with Gasteiger partial charge in [-0.25, -0.2) is 8.96 Å². The molecule has 1 amide bonds. The third-order valence-electron chi connectivity index (χ3n) is 4.77. The van der Waals surface area contributed by atoms with Crippen molar-refractivity contribution in [1.82, 2.24) is 30.5 Å². The van der Waals surface area contributed by atoms with Crippen molar-refractivity contribution in [2.45, 2.75) is 18.6 Å². The van der Waals surface area contributed by atoms with Crippen LogP contribution in [0.1, 0.15) is 17.9 Å². The lowest BCUT2D eigenvalue weighted by atomic mass is 9.94. The van der Waals surface area contributed by atoms with Crippen LogP contribution < -0.4 is 5.32 Å². The summed E-state index contributed by atoms with van der Waals surface area (Å²) in [7, 11) is -1.60. The lowest BCUT2D eigenvalue weighted by molar-refractivity contribution is -0.121. The van der Waals surface area contributed by atoms with E-state index in [2.05, 4.69) is 30.2 Å². The molecular weight excluding hydrogens is 430 g/mol. The Kier molecular flexibility index (Phi) is 5.63. The van der Waals surface area contributed by atoms with E-state index in [0.29, 0.717) is 28.2 Å². The van der Waals surface area contributed by atoms with Crippen molar-refractivity contribution in [1.29, 1.82) is 0 Å². The Morgan fingerprint density at radius 3 is 2.74 bits per heavy atom. The molecule has 3 heterocycles. The Morgan fingerprint density at radius 2 is 2.13 bits per heavy atom. The van der Waals surface area contributed by atoms with E-state index in [1.165, 1.54) is 17.1 Å². The van der Waals surface area contributed by atoms with Crippen LogP contribution in [0.5, 0.6) is 0 Å². The Bertz CT molecular complexity index is 1170. The maximum Gasteiger partial charge on any atom is 0.473 e. The Labute approximate surface area is 175 Å². The standard InChI is InChI=1S/C18H18FN6O5P/c1-25-23-17(22-24-25)15-6-4-11(9-20-15)12-5-3-10(7-14(12)19)13-8-16(21-18(13)26)30-31(27,28)29-2/h3-7,9,13,16H,8H2,1-2H3,(H,21,26)(H,27,28)/t13?,16-/m1/s1. The fourth-order valence-corrected chi connectivity index (χ4v) is 3.80. The number of halogens is 1. The van der Waals surface area contributed by atoms with Crippen LogP contribution in [0.25, 0.3) is 22.6 Å². The second-order valence-electron chi connectivity index (χ2n) is 6.82. The Hall–Kier alpha value is -3.05. The van der Waals surface area contributed by atoms with Gasteiger partial charge < -0.3 is 10.2 Å². The van der Waals surface area contributed by atoms with Gasteiger partial charge in [0, 0.05) is 30.9 Å². The fraction of sp³-hybridized carbons (Fsp3) is 0.278. The third-order valence-corrected chi connectivity index (χ3v) is 5.75. The molecule has 1 saturated heterocycles. The van der Waals surface area contributed by atoms with Gasteiger partial charge in [-0.1, -0.05) is 18.2 Å². The lowest BCUT2D eigenvalue weighted by Crippen LogP contribution is -2.27. The molecule has 0 aliphatic carbocycles. The van der Waals surface area contributed by atoms with Crippen LogP contribution in [-0.2, 0) is 25.5 Å². The zero-order valence-electron chi connectivity index (χ0n) is 16.5. The number of benzene rings is 1. The van der Waals surface area contributed by atoms with E-state index < -0.39 is 31.7 Å². The summed E-state index contributed by atoms with van der Waals surface area (Å²) in [5.74, 6) is -1.34. The quantitative estimate of drug-likeness (QED) is 0.540. The van der Waals surface area contributed by atoms with E-state index in [9.17, 15) is 18.6 Å². The van der Waals surface area contributed by atoms with E-state index in [1.807, 2.05) is 0 Å². The molecule has 0 saturated carbocycles. The minimum Gasteiger partial charge on any atom is -0.330 e. The number of phosphoric ester groups is 1. The molecule has 0 bridgehead atoms. The molecule has 2 aromatic heterocycles. The van der Waals surface area contributed by atoms with Crippen LogP contribution in [-0.4, -0.2) is 49.3 Å². The van der Waals surface area contributed by atoms with E-state index in [0.717, 1.165) is 7.11 Å². The number of nitrogens with zero attached hydrogens (tertiary/aromatic N) is 5. The first kappa shape index (κ1) is 21.2. The first-order valence-electron chi connectivity index (χ1n) is 9.13. The number of tetrazole rings is 1. The van der Waals surface area contributed by atoms with Crippen LogP contribution in [0.3, 0.4) is 0 Å². The second kappa shape index (κ2) is 8.23. The van der Waals surface area contributed by atoms with Crippen LogP contribution in [0.4, 0.5) is 4.39 Å². The summed E-state index contributed by atoms with van der Waals surface area (Å²) in [4.78, 5) is 27.2. The minimum absolute atomic E-state index is 0.0624. The number of pyridine rings is 1. The average molecular weight is 448 g/mol. The fourth-order valence-electron chi connectivity index (χ4n) is 3.25. The van der Waals surface area contributed by atoms with Gasteiger partial charge >= 0.3 is 7.82 Å². The highest BCUT2D eigenvalue weighted by Gasteiger charge is 2.38. The lowest BCUT2D eigenvalue weighted by Gasteiger charge is -2.14. The van der Waals surface area contributed by atoms with Gasteiger partial charge in [0.05, 0.1) is 13.0 Å². The number of aromatic nitrogens is 5. The van der Waals surface area contributed by atoms with Crippen molar-refractivity contribution in [3.05, 3.63) is 47.9 Å². The number of aryl methyl sites for hydroxylation is 1. The monoisotopic (exact) mass is 448 g/mol. The van der Waals surface area contributed by atoms with E-state index in [-0.39, 0.29) is 6.42 Å². The maximum absolute atomic E-state index is 14.8. The first-order valence-corrected chi connectivity index (χ1v) is 10.6. The highest BCUT2D eigenvalue weighted by molar-refractivity contribution is 7.47. The van der Waals surface area contributed by atoms with Crippen molar-refractivity contribution in [2.24, 2.45) is 7.05 Å². The van der Waals surface area contributed by atoms with E-state index in [4.69, 9.17) is 4.52 Å². The predicted molar refractivity (Wildman–Crippen MR) is 105 cm³/mol. The summed E-state index contributed by atoms with van der Waals surface area (Å²) in [5, 5.41) is 14.2. The second-order valence-corrected chi connectivity index (χ2v) is 8.33.